The summed E-state index contributed by atoms with van der Waals surface area (Å²) in [6.45, 7) is 0. The molecule has 0 saturated carbocycles. The number of fused-ring (bicyclic) bond motifs is 12. The fourth-order valence-electron chi connectivity index (χ4n) is 15.8. The van der Waals surface area contributed by atoms with E-state index in [0.29, 0.717) is 11.8 Å². The van der Waals surface area contributed by atoms with Crippen LogP contribution in [0.2, 0.25) is 0 Å². The lowest BCUT2D eigenvalue weighted by Gasteiger charge is -2.11. The Bertz CT molecular complexity index is 6910. The summed E-state index contributed by atoms with van der Waals surface area (Å²) in [7, 11) is 0. The van der Waals surface area contributed by atoms with Crippen molar-refractivity contribution in [1.29, 1.82) is 0 Å². The highest BCUT2D eigenvalue weighted by atomic mass is 15.2. The van der Waals surface area contributed by atoms with E-state index in [1.54, 1.807) is 0 Å². The molecular formula is C98H64N8. The molecule has 21 aromatic rings. The van der Waals surface area contributed by atoms with Gasteiger partial charge in [0.15, 0.2) is 5.82 Å². The van der Waals surface area contributed by atoms with E-state index in [2.05, 4.69) is 370 Å². The second-order valence-corrected chi connectivity index (χ2v) is 27.0. The molecule has 15 aromatic carbocycles. The van der Waals surface area contributed by atoms with E-state index in [9.17, 15) is 0 Å². The van der Waals surface area contributed by atoms with Crippen molar-refractivity contribution in [2.45, 2.75) is 0 Å². The molecule has 0 spiro atoms. The molecule has 0 aliphatic heterocycles. The molecule has 0 unspecified atom stereocenters. The van der Waals surface area contributed by atoms with Crippen LogP contribution in [0.15, 0.2) is 389 Å². The summed E-state index contributed by atoms with van der Waals surface area (Å²) >= 11 is 0. The maximum Gasteiger partial charge on any atom is 0.235 e. The maximum absolute atomic E-state index is 5.11. The van der Waals surface area contributed by atoms with Crippen LogP contribution in [-0.2, 0) is 0 Å². The predicted octanol–water partition coefficient (Wildman–Crippen LogP) is 25.0. The van der Waals surface area contributed by atoms with E-state index in [1.807, 2.05) is 36.7 Å². The van der Waals surface area contributed by atoms with Gasteiger partial charge in [0.05, 0.1) is 55.5 Å². The first kappa shape index (κ1) is 61.5. The lowest BCUT2D eigenvalue weighted by molar-refractivity contribution is 0.992. The maximum atomic E-state index is 5.11. The Morgan fingerprint density at radius 1 is 0.170 bits per heavy atom. The SMILES string of the molecule is c1ccc(-c2ccc(-c3ccnc(-c4cccc(-n5c6ccccc6c6cc(-c7ccc8c(c7)c7ccccc7n8-c7ccccc7)ccc65)c4)n3)cc2)cc1.c1ccc(-c2ccc(-c3ccnc(-n4c5ccccc5c5cc(-c6ccc7c(c6)c6ccccc6n7-c6ccccc6)ccc54)n3)cc2)cc1. The molecule has 0 aliphatic rings. The summed E-state index contributed by atoms with van der Waals surface area (Å²) in [5, 5.41) is 9.77. The number of aromatic nitrogens is 8. The van der Waals surface area contributed by atoms with Crippen LogP contribution >= 0.6 is 0 Å². The minimum Gasteiger partial charge on any atom is -0.309 e. The number of nitrogens with zero attached hydrogens (tertiary/aromatic N) is 8. The van der Waals surface area contributed by atoms with Crippen LogP contribution in [0.25, 0.3) is 189 Å². The average Bonchev–Trinajstić information content (AvgIpc) is 1.59. The zero-order chi connectivity index (χ0) is 70.0. The highest BCUT2D eigenvalue weighted by Crippen LogP contribution is 2.42. The Balaban J connectivity index is 0.000000141. The van der Waals surface area contributed by atoms with E-state index in [0.717, 1.165) is 67.2 Å². The average molecular weight is 1350 g/mol. The van der Waals surface area contributed by atoms with Crippen LogP contribution in [0, 0.1) is 0 Å². The molecule has 0 aliphatic carbocycles. The summed E-state index contributed by atoms with van der Waals surface area (Å²) < 4.78 is 9.27. The molecule has 496 valence electrons. The van der Waals surface area contributed by atoms with Crippen LogP contribution in [0.3, 0.4) is 0 Å². The van der Waals surface area contributed by atoms with Gasteiger partial charge in [0.1, 0.15) is 0 Å². The molecule has 0 radical (unpaired) electrons. The van der Waals surface area contributed by atoms with Gasteiger partial charge >= 0.3 is 0 Å². The van der Waals surface area contributed by atoms with Crippen molar-refractivity contribution < 1.29 is 0 Å². The summed E-state index contributed by atoms with van der Waals surface area (Å²) in [6, 6.07) is 134. The van der Waals surface area contributed by atoms with Gasteiger partial charge in [-0.05, 0) is 166 Å². The lowest BCUT2D eigenvalue weighted by Crippen LogP contribution is -2.01. The molecule has 21 rings (SSSR count). The number of rotatable bonds is 11. The molecule has 0 atom stereocenters. The van der Waals surface area contributed by atoms with Crippen molar-refractivity contribution in [2.75, 3.05) is 0 Å². The smallest absolute Gasteiger partial charge is 0.235 e. The van der Waals surface area contributed by atoms with Crippen LogP contribution in [0.5, 0.6) is 0 Å². The topological polar surface area (TPSA) is 71.3 Å². The lowest BCUT2D eigenvalue weighted by atomic mass is 10.0. The van der Waals surface area contributed by atoms with Gasteiger partial charge in [0.2, 0.25) is 5.95 Å². The largest absolute Gasteiger partial charge is 0.309 e. The van der Waals surface area contributed by atoms with Crippen molar-refractivity contribution in [3.05, 3.63) is 389 Å². The summed E-state index contributed by atoms with van der Waals surface area (Å²) in [5.41, 5.74) is 27.1. The predicted molar refractivity (Wildman–Crippen MR) is 439 cm³/mol. The number of para-hydroxylation sites is 6. The Hall–Kier alpha value is -14.3. The van der Waals surface area contributed by atoms with Crippen molar-refractivity contribution in [3.8, 4) is 101 Å². The van der Waals surface area contributed by atoms with Crippen LogP contribution in [0.4, 0.5) is 0 Å². The third-order valence-electron chi connectivity index (χ3n) is 20.8. The highest BCUT2D eigenvalue weighted by Gasteiger charge is 2.21. The zero-order valence-electron chi connectivity index (χ0n) is 57.5. The first-order chi connectivity index (χ1) is 52.6. The Labute approximate surface area is 611 Å². The summed E-state index contributed by atoms with van der Waals surface area (Å²) in [6.07, 6.45) is 3.72. The van der Waals surface area contributed by atoms with Crippen LogP contribution in [-0.4, -0.2) is 38.2 Å². The van der Waals surface area contributed by atoms with Crippen molar-refractivity contribution >= 4 is 87.2 Å². The first-order valence-electron chi connectivity index (χ1n) is 35.9. The number of hydrogen-bond acceptors (Lipinski definition) is 4. The van der Waals surface area contributed by atoms with Crippen molar-refractivity contribution in [2.24, 2.45) is 0 Å². The molecule has 6 heterocycles. The quantitative estimate of drug-likeness (QED) is 0.129. The third kappa shape index (κ3) is 10.8. The molecule has 0 N–H and O–H groups in total. The normalized spacial score (nSPS) is 11.6. The fraction of sp³-hybridized carbons (Fsp3) is 0. The third-order valence-corrected chi connectivity index (χ3v) is 20.8. The van der Waals surface area contributed by atoms with E-state index in [4.69, 9.17) is 19.9 Å². The molecule has 106 heavy (non-hydrogen) atoms. The molecule has 0 bridgehead atoms. The number of hydrogen-bond donors (Lipinski definition) is 0. The van der Waals surface area contributed by atoms with Crippen LogP contribution in [0.1, 0.15) is 0 Å². The Kier molecular flexibility index (Phi) is 15.0. The molecular weight excluding hydrogens is 1290 g/mol. The molecule has 0 amide bonds. The molecule has 6 aromatic heterocycles. The van der Waals surface area contributed by atoms with Gasteiger partial charge in [0, 0.05) is 89.2 Å². The summed E-state index contributed by atoms with van der Waals surface area (Å²) in [5.74, 6) is 1.35. The second kappa shape index (κ2) is 25.9. The molecule has 0 saturated heterocycles. The van der Waals surface area contributed by atoms with Crippen molar-refractivity contribution in [1.82, 2.24) is 38.2 Å². The van der Waals surface area contributed by atoms with Gasteiger partial charge in [-0.1, -0.05) is 255 Å². The Morgan fingerprint density at radius 2 is 0.462 bits per heavy atom. The standard InChI is InChI=1S/C52H34N4.C46H30N4/c1-3-12-35(13-4-1)36-22-24-37(25-23-36)47-30-31-53-52(54-47)40-14-11-17-42(32-40)56-49-21-10-8-19-44(49)46-34-39(27-29-51(46)56)38-26-28-50-45(33-38)43-18-7-9-20-48(43)55(50)41-15-5-2-6-16-41;1-3-11-31(12-4-1)32-19-21-33(22-20-32)41-27-28-47-46(48-41)50-43-18-10-8-16-38(43)40-30-35(24-26-45(40)50)34-23-25-44-39(29-34)37-15-7-9-17-42(37)49(44)36-13-5-2-6-14-36/h1-34H;1-30H. The first-order valence-corrected chi connectivity index (χ1v) is 35.9. The second-order valence-electron chi connectivity index (χ2n) is 27.0. The number of benzene rings is 15. The van der Waals surface area contributed by atoms with Gasteiger partial charge in [-0.3, -0.25) is 4.57 Å². The van der Waals surface area contributed by atoms with Crippen molar-refractivity contribution in [3.63, 3.8) is 0 Å². The van der Waals surface area contributed by atoms with E-state index in [-0.39, 0.29) is 0 Å². The minimum absolute atomic E-state index is 0.656. The monoisotopic (exact) mass is 1350 g/mol. The van der Waals surface area contributed by atoms with Gasteiger partial charge in [-0.2, -0.15) is 0 Å². The highest BCUT2D eigenvalue weighted by molar-refractivity contribution is 6.15. The fourth-order valence-corrected chi connectivity index (χ4v) is 15.8. The van der Waals surface area contributed by atoms with Crippen LogP contribution < -0.4 is 0 Å². The summed E-state index contributed by atoms with van der Waals surface area (Å²) in [4.78, 5) is 19.7. The molecule has 0 fully saturated rings. The van der Waals surface area contributed by atoms with E-state index >= 15 is 0 Å². The van der Waals surface area contributed by atoms with Gasteiger partial charge in [-0.25, -0.2) is 19.9 Å². The minimum atomic E-state index is 0.656. The van der Waals surface area contributed by atoms with Gasteiger partial charge < -0.3 is 13.7 Å². The van der Waals surface area contributed by atoms with Gasteiger partial charge in [-0.15, -0.1) is 0 Å². The van der Waals surface area contributed by atoms with E-state index < -0.39 is 0 Å². The van der Waals surface area contributed by atoms with E-state index in [1.165, 1.54) is 110 Å². The van der Waals surface area contributed by atoms with Gasteiger partial charge in [0.25, 0.3) is 0 Å². The zero-order valence-corrected chi connectivity index (χ0v) is 57.5. The molecule has 8 nitrogen and oxygen atoms in total. The molecule has 8 heteroatoms. The Morgan fingerprint density at radius 3 is 0.887 bits per heavy atom.